The van der Waals surface area contributed by atoms with Gasteiger partial charge in [-0.2, -0.15) is 5.10 Å². The molecule has 1 unspecified atom stereocenters. The first-order chi connectivity index (χ1) is 9.79. The number of aromatic nitrogens is 2. The van der Waals surface area contributed by atoms with E-state index in [1.165, 1.54) is 30.4 Å². The summed E-state index contributed by atoms with van der Waals surface area (Å²) < 4.78 is 1.88. The molecule has 1 aromatic heterocycles. The van der Waals surface area contributed by atoms with Gasteiger partial charge in [-0.15, -0.1) is 0 Å². The highest BCUT2D eigenvalue weighted by molar-refractivity contribution is 5.18. The molecule has 0 aliphatic carbocycles. The van der Waals surface area contributed by atoms with Crippen molar-refractivity contribution in [3.05, 3.63) is 53.9 Å². The quantitative estimate of drug-likeness (QED) is 0.745. The zero-order valence-corrected chi connectivity index (χ0v) is 12.5. The lowest BCUT2D eigenvalue weighted by atomic mass is 9.99. The molecule has 108 valence electrons. The molecule has 0 radical (unpaired) electrons. The zero-order valence-electron chi connectivity index (χ0n) is 12.5. The van der Waals surface area contributed by atoms with Crippen LogP contribution in [0.25, 0.3) is 0 Å². The van der Waals surface area contributed by atoms with Crippen molar-refractivity contribution in [2.45, 2.75) is 38.6 Å². The topological polar surface area (TPSA) is 29.9 Å². The Bertz CT molecular complexity index is 490. The number of nitrogens with one attached hydrogen (secondary N) is 1. The van der Waals surface area contributed by atoms with Crippen LogP contribution in [-0.2, 0) is 13.5 Å². The summed E-state index contributed by atoms with van der Waals surface area (Å²) in [5.41, 5.74) is 2.74. The molecule has 0 fully saturated rings. The van der Waals surface area contributed by atoms with E-state index in [1.807, 2.05) is 17.9 Å². The van der Waals surface area contributed by atoms with Gasteiger partial charge < -0.3 is 5.32 Å². The Kier molecular flexibility index (Phi) is 5.81. The molecular weight excluding hydrogens is 246 g/mol. The number of unbranched alkanes of at least 4 members (excludes halogenated alkanes) is 1. The molecule has 0 aliphatic heterocycles. The van der Waals surface area contributed by atoms with Crippen molar-refractivity contribution in [3.8, 4) is 0 Å². The van der Waals surface area contributed by atoms with Gasteiger partial charge in [-0.05, 0) is 36.9 Å². The molecule has 2 rings (SSSR count). The Labute approximate surface area is 122 Å². The number of aryl methyl sites for hydroxylation is 2. The Morgan fingerprint density at radius 1 is 1.20 bits per heavy atom. The van der Waals surface area contributed by atoms with E-state index in [2.05, 4.69) is 53.9 Å². The van der Waals surface area contributed by atoms with Gasteiger partial charge in [0.2, 0.25) is 0 Å². The van der Waals surface area contributed by atoms with Gasteiger partial charge in [-0.3, -0.25) is 4.68 Å². The van der Waals surface area contributed by atoms with E-state index >= 15 is 0 Å². The third-order valence-electron chi connectivity index (χ3n) is 3.62. The summed E-state index contributed by atoms with van der Waals surface area (Å²) in [5, 5.41) is 7.80. The van der Waals surface area contributed by atoms with Crippen molar-refractivity contribution in [2.75, 3.05) is 6.54 Å². The Morgan fingerprint density at radius 2 is 2.00 bits per heavy atom. The molecule has 0 aliphatic rings. The molecule has 2 aromatic rings. The maximum Gasteiger partial charge on any atom is 0.0521 e. The normalized spacial score (nSPS) is 12.5. The average Bonchev–Trinajstić information content (AvgIpc) is 2.89. The summed E-state index contributed by atoms with van der Waals surface area (Å²) in [7, 11) is 1.97. The van der Waals surface area contributed by atoms with Crippen LogP contribution in [0.3, 0.4) is 0 Å². The van der Waals surface area contributed by atoms with Crippen molar-refractivity contribution in [1.29, 1.82) is 0 Å². The van der Waals surface area contributed by atoms with E-state index in [1.54, 1.807) is 0 Å². The van der Waals surface area contributed by atoms with Gasteiger partial charge >= 0.3 is 0 Å². The molecule has 20 heavy (non-hydrogen) atoms. The van der Waals surface area contributed by atoms with E-state index in [4.69, 9.17) is 0 Å². The fourth-order valence-corrected chi connectivity index (χ4v) is 2.60. The molecule has 1 N–H and O–H groups in total. The second-order valence-electron chi connectivity index (χ2n) is 5.29. The predicted molar refractivity (Wildman–Crippen MR) is 83.6 cm³/mol. The minimum absolute atomic E-state index is 0.482. The fraction of sp³-hybridized carbons (Fsp3) is 0.471. The van der Waals surface area contributed by atoms with Crippen LogP contribution in [0.2, 0.25) is 0 Å². The van der Waals surface area contributed by atoms with Gasteiger partial charge in [0.1, 0.15) is 0 Å². The van der Waals surface area contributed by atoms with Gasteiger partial charge in [0.15, 0.2) is 0 Å². The van der Waals surface area contributed by atoms with Crippen LogP contribution >= 0.6 is 0 Å². The predicted octanol–water partition coefficient (Wildman–Crippen LogP) is 3.48. The Hall–Kier alpha value is -1.61. The smallest absolute Gasteiger partial charge is 0.0521 e. The first-order valence-electron chi connectivity index (χ1n) is 7.55. The second kappa shape index (κ2) is 7.85. The van der Waals surface area contributed by atoms with E-state index in [0.29, 0.717) is 6.04 Å². The van der Waals surface area contributed by atoms with Gasteiger partial charge in [0.05, 0.1) is 6.20 Å². The molecule has 0 amide bonds. The lowest BCUT2D eigenvalue weighted by Crippen LogP contribution is -2.20. The summed E-state index contributed by atoms with van der Waals surface area (Å²) in [6.07, 6.45) is 8.86. The monoisotopic (exact) mass is 271 g/mol. The SMILES string of the molecule is CCNC(CCCCc1cnn(C)c1)c1ccccc1. The Morgan fingerprint density at radius 3 is 2.65 bits per heavy atom. The summed E-state index contributed by atoms with van der Waals surface area (Å²) in [4.78, 5) is 0. The second-order valence-corrected chi connectivity index (χ2v) is 5.29. The summed E-state index contributed by atoms with van der Waals surface area (Å²) in [6.45, 7) is 3.19. The highest BCUT2D eigenvalue weighted by Gasteiger charge is 2.09. The third kappa shape index (κ3) is 4.49. The summed E-state index contributed by atoms with van der Waals surface area (Å²) in [6, 6.07) is 11.2. The van der Waals surface area contributed by atoms with Gasteiger partial charge in [-0.25, -0.2) is 0 Å². The Balaban J connectivity index is 1.78. The van der Waals surface area contributed by atoms with Crippen LogP contribution in [0.5, 0.6) is 0 Å². The average molecular weight is 271 g/mol. The summed E-state index contributed by atoms with van der Waals surface area (Å²) >= 11 is 0. The molecule has 0 bridgehead atoms. The number of rotatable bonds is 8. The highest BCUT2D eigenvalue weighted by Crippen LogP contribution is 2.19. The maximum atomic E-state index is 4.21. The lowest BCUT2D eigenvalue weighted by Gasteiger charge is -2.18. The molecule has 1 atom stereocenters. The standard InChI is InChI=1S/C17H25N3/c1-3-18-17(16-10-5-4-6-11-16)12-8-7-9-15-13-19-20(2)14-15/h4-6,10-11,13-14,17-18H,3,7-9,12H2,1-2H3. The van der Waals surface area contributed by atoms with Crippen LogP contribution in [-0.4, -0.2) is 16.3 Å². The third-order valence-corrected chi connectivity index (χ3v) is 3.62. The van der Waals surface area contributed by atoms with Gasteiger partial charge in [0.25, 0.3) is 0 Å². The molecule has 1 heterocycles. The van der Waals surface area contributed by atoms with Gasteiger partial charge in [0, 0.05) is 19.3 Å². The van der Waals surface area contributed by atoms with E-state index in [9.17, 15) is 0 Å². The molecule has 0 spiro atoms. The maximum absolute atomic E-state index is 4.21. The first kappa shape index (κ1) is 14.8. The molecular formula is C17H25N3. The minimum Gasteiger partial charge on any atom is -0.310 e. The van der Waals surface area contributed by atoms with Crippen molar-refractivity contribution in [3.63, 3.8) is 0 Å². The van der Waals surface area contributed by atoms with E-state index < -0.39 is 0 Å². The summed E-state index contributed by atoms with van der Waals surface area (Å²) in [5.74, 6) is 0. The van der Waals surface area contributed by atoms with Crippen molar-refractivity contribution >= 4 is 0 Å². The molecule has 1 aromatic carbocycles. The highest BCUT2D eigenvalue weighted by atomic mass is 15.2. The number of hydrogen-bond donors (Lipinski definition) is 1. The van der Waals surface area contributed by atoms with Gasteiger partial charge in [-0.1, -0.05) is 43.7 Å². The van der Waals surface area contributed by atoms with Crippen LogP contribution in [0.15, 0.2) is 42.7 Å². The van der Waals surface area contributed by atoms with Crippen molar-refractivity contribution in [2.24, 2.45) is 7.05 Å². The first-order valence-corrected chi connectivity index (χ1v) is 7.55. The van der Waals surface area contributed by atoms with Crippen molar-refractivity contribution < 1.29 is 0 Å². The van der Waals surface area contributed by atoms with Crippen LogP contribution in [0.4, 0.5) is 0 Å². The van der Waals surface area contributed by atoms with Crippen molar-refractivity contribution in [1.82, 2.24) is 15.1 Å². The number of hydrogen-bond acceptors (Lipinski definition) is 2. The largest absolute Gasteiger partial charge is 0.310 e. The molecule has 3 heteroatoms. The number of nitrogens with zero attached hydrogens (tertiary/aromatic N) is 2. The van der Waals surface area contributed by atoms with Crippen LogP contribution < -0.4 is 5.32 Å². The fourth-order valence-electron chi connectivity index (χ4n) is 2.60. The molecule has 0 saturated carbocycles. The van der Waals surface area contributed by atoms with E-state index in [0.717, 1.165) is 13.0 Å². The van der Waals surface area contributed by atoms with E-state index in [-0.39, 0.29) is 0 Å². The minimum atomic E-state index is 0.482. The lowest BCUT2D eigenvalue weighted by molar-refractivity contribution is 0.488. The number of benzene rings is 1. The molecule has 0 saturated heterocycles. The van der Waals surface area contributed by atoms with Crippen LogP contribution in [0.1, 0.15) is 43.4 Å². The zero-order chi connectivity index (χ0) is 14.2. The van der Waals surface area contributed by atoms with Crippen LogP contribution in [0, 0.1) is 0 Å². The molecule has 3 nitrogen and oxygen atoms in total.